The highest BCUT2D eigenvalue weighted by molar-refractivity contribution is 6.02. The van der Waals surface area contributed by atoms with Gasteiger partial charge in [-0.05, 0) is 48.9 Å². The van der Waals surface area contributed by atoms with Crippen molar-refractivity contribution in [3.63, 3.8) is 0 Å². The summed E-state index contributed by atoms with van der Waals surface area (Å²) in [6.07, 6.45) is 3.23. The van der Waals surface area contributed by atoms with Crippen molar-refractivity contribution in [2.45, 2.75) is 6.92 Å². The van der Waals surface area contributed by atoms with E-state index in [9.17, 15) is 4.79 Å². The number of rotatable bonds is 6. The lowest BCUT2D eigenvalue weighted by molar-refractivity contribution is -0.111. The van der Waals surface area contributed by atoms with Gasteiger partial charge in [-0.1, -0.05) is 42.5 Å². The molecule has 2 heterocycles. The molecule has 4 aromatic rings. The second-order valence-electron chi connectivity index (χ2n) is 7.98. The smallest absolute Gasteiger partial charge is 0.248 e. The van der Waals surface area contributed by atoms with E-state index in [0.29, 0.717) is 36.3 Å². The number of ether oxygens (including phenoxy) is 2. The Hall–Kier alpha value is -4.65. The topological polar surface area (TPSA) is 85.4 Å². The Morgan fingerprint density at radius 2 is 1.66 bits per heavy atom. The maximum absolute atomic E-state index is 12.5. The third kappa shape index (κ3) is 5.65. The molecule has 0 atom stereocenters. The van der Waals surface area contributed by atoms with Gasteiger partial charge < -0.3 is 20.1 Å². The van der Waals surface area contributed by atoms with Crippen molar-refractivity contribution < 1.29 is 14.3 Å². The third-order valence-electron chi connectivity index (χ3n) is 5.30. The number of hydrogen-bond acceptors (Lipinski definition) is 6. The molecule has 0 saturated heterocycles. The molecule has 1 aliphatic rings. The lowest BCUT2D eigenvalue weighted by atomic mass is 10.1. The number of carbonyl (C=O) groups is 1. The summed E-state index contributed by atoms with van der Waals surface area (Å²) in [6, 6.07) is 24.9. The Labute approximate surface area is 203 Å². The molecular weight excluding hydrogens is 440 g/mol. The molecule has 1 amide bonds. The van der Waals surface area contributed by atoms with Gasteiger partial charge in [-0.2, -0.15) is 0 Å². The molecule has 0 radical (unpaired) electrons. The number of carbonyl (C=O) groups excluding carboxylic acids is 1. The SMILES string of the molecule is Cc1nc(Nc2cccc(NC(=O)/C=C\c3ccc4c(c3)OCCO4)c2)cc(-c2ccccc2)n1. The van der Waals surface area contributed by atoms with Crippen molar-refractivity contribution in [3.05, 3.63) is 96.3 Å². The molecule has 0 fully saturated rings. The molecule has 0 saturated carbocycles. The second-order valence-corrected chi connectivity index (χ2v) is 7.98. The summed E-state index contributed by atoms with van der Waals surface area (Å²) in [6.45, 7) is 2.93. The first-order valence-electron chi connectivity index (χ1n) is 11.3. The molecule has 2 N–H and O–H groups in total. The van der Waals surface area contributed by atoms with E-state index < -0.39 is 0 Å². The maximum atomic E-state index is 12.5. The molecular formula is C28H24N4O3. The zero-order valence-electron chi connectivity index (χ0n) is 19.2. The summed E-state index contributed by atoms with van der Waals surface area (Å²) in [5.41, 5.74) is 4.19. The van der Waals surface area contributed by atoms with Crippen LogP contribution in [-0.4, -0.2) is 29.1 Å². The van der Waals surface area contributed by atoms with Crippen LogP contribution >= 0.6 is 0 Å². The first kappa shape index (κ1) is 22.2. The van der Waals surface area contributed by atoms with Crippen LogP contribution < -0.4 is 20.1 Å². The van der Waals surface area contributed by atoms with E-state index in [1.165, 1.54) is 6.08 Å². The van der Waals surface area contributed by atoms with Crippen LogP contribution in [0.1, 0.15) is 11.4 Å². The van der Waals surface area contributed by atoms with Crippen molar-refractivity contribution in [3.8, 4) is 22.8 Å². The molecule has 35 heavy (non-hydrogen) atoms. The summed E-state index contributed by atoms with van der Waals surface area (Å²) in [5, 5.41) is 6.20. The van der Waals surface area contributed by atoms with E-state index in [2.05, 4.69) is 20.6 Å². The lowest BCUT2D eigenvalue weighted by Crippen LogP contribution is -2.15. The predicted molar refractivity (Wildman–Crippen MR) is 137 cm³/mol. The molecule has 174 valence electrons. The third-order valence-corrected chi connectivity index (χ3v) is 5.30. The maximum Gasteiger partial charge on any atom is 0.248 e. The van der Waals surface area contributed by atoms with Gasteiger partial charge in [-0.3, -0.25) is 4.79 Å². The average Bonchev–Trinajstić information content (AvgIpc) is 2.88. The summed E-state index contributed by atoms with van der Waals surface area (Å²) in [4.78, 5) is 21.5. The molecule has 0 unspecified atom stereocenters. The highest BCUT2D eigenvalue weighted by Crippen LogP contribution is 2.31. The minimum absolute atomic E-state index is 0.235. The van der Waals surface area contributed by atoms with Crippen molar-refractivity contribution in [1.29, 1.82) is 0 Å². The molecule has 7 heteroatoms. The van der Waals surface area contributed by atoms with Gasteiger partial charge in [0.2, 0.25) is 5.91 Å². The summed E-state index contributed by atoms with van der Waals surface area (Å²) >= 11 is 0. The predicted octanol–water partition coefficient (Wildman–Crippen LogP) is 5.62. The molecule has 0 aliphatic carbocycles. The van der Waals surface area contributed by atoms with Crippen molar-refractivity contribution in [2.75, 3.05) is 23.8 Å². The Bertz CT molecular complexity index is 1390. The fourth-order valence-corrected chi connectivity index (χ4v) is 3.73. The molecule has 1 aromatic heterocycles. The number of nitrogens with zero attached hydrogens (tertiary/aromatic N) is 2. The Balaban J connectivity index is 1.26. The van der Waals surface area contributed by atoms with Crippen molar-refractivity contribution >= 4 is 29.2 Å². The Morgan fingerprint density at radius 3 is 2.51 bits per heavy atom. The first-order chi connectivity index (χ1) is 17.1. The van der Waals surface area contributed by atoms with Gasteiger partial charge in [0.15, 0.2) is 11.5 Å². The van der Waals surface area contributed by atoms with Crippen molar-refractivity contribution in [1.82, 2.24) is 9.97 Å². The van der Waals surface area contributed by atoms with Crippen LogP contribution in [-0.2, 0) is 4.79 Å². The summed E-state index contributed by atoms with van der Waals surface area (Å²) < 4.78 is 11.1. The molecule has 7 nitrogen and oxygen atoms in total. The van der Waals surface area contributed by atoms with Crippen LogP contribution in [0.15, 0.2) is 84.9 Å². The van der Waals surface area contributed by atoms with Crippen LogP contribution in [0.5, 0.6) is 11.5 Å². The fraction of sp³-hybridized carbons (Fsp3) is 0.107. The van der Waals surface area contributed by atoms with E-state index >= 15 is 0 Å². The zero-order chi connectivity index (χ0) is 24.0. The van der Waals surface area contributed by atoms with Gasteiger partial charge >= 0.3 is 0 Å². The summed E-state index contributed by atoms with van der Waals surface area (Å²) in [5.74, 6) is 2.52. The van der Waals surface area contributed by atoms with Gasteiger partial charge in [0.05, 0.1) is 5.69 Å². The van der Waals surface area contributed by atoms with E-state index in [-0.39, 0.29) is 5.91 Å². The average molecular weight is 465 g/mol. The number of anilines is 3. The molecule has 0 spiro atoms. The fourth-order valence-electron chi connectivity index (χ4n) is 3.73. The number of fused-ring (bicyclic) bond motifs is 1. The highest BCUT2D eigenvalue weighted by atomic mass is 16.6. The van der Waals surface area contributed by atoms with Crippen LogP contribution in [0.25, 0.3) is 17.3 Å². The molecule has 3 aromatic carbocycles. The van der Waals surface area contributed by atoms with Crippen LogP contribution in [0, 0.1) is 6.92 Å². The largest absolute Gasteiger partial charge is 0.486 e. The highest BCUT2D eigenvalue weighted by Gasteiger charge is 2.11. The van der Waals surface area contributed by atoms with Crippen LogP contribution in [0.3, 0.4) is 0 Å². The number of benzene rings is 3. The van der Waals surface area contributed by atoms with Crippen LogP contribution in [0.2, 0.25) is 0 Å². The van der Waals surface area contributed by atoms with E-state index in [1.807, 2.05) is 85.8 Å². The van der Waals surface area contributed by atoms with Crippen LogP contribution in [0.4, 0.5) is 17.2 Å². The standard InChI is InChI=1S/C28H24N4O3/c1-19-29-24(21-6-3-2-4-7-21)18-27(30-19)31-22-8-5-9-23(17-22)32-28(33)13-11-20-10-12-25-26(16-20)35-15-14-34-25/h2-13,16-18H,14-15H2,1H3,(H,32,33)(H,29,30,31)/b13-11-. The molecule has 5 rings (SSSR count). The number of amides is 1. The van der Waals surface area contributed by atoms with E-state index in [0.717, 1.165) is 28.3 Å². The van der Waals surface area contributed by atoms with Gasteiger partial charge in [-0.15, -0.1) is 0 Å². The molecule has 0 bridgehead atoms. The second kappa shape index (κ2) is 10.1. The Morgan fingerprint density at radius 1 is 0.857 bits per heavy atom. The van der Waals surface area contributed by atoms with Crippen molar-refractivity contribution in [2.24, 2.45) is 0 Å². The summed E-state index contributed by atoms with van der Waals surface area (Å²) in [7, 11) is 0. The number of aromatic nitrogens is 2. The first-order valence-corrected chi connectivity index (χ1v) is 11.3. The monoisotopic (exact) mass is 464 g/mol. The number of nitrogens with one attached hydrogen (secondary N) is 2. The van der Waals surface area contributed by atoms with E-state index in [4.69, 9.17) is 9.47 Å². The van der Waals surface area contributed by atoms with Gasteiger partial charge in [0.1, 0.15) is 24.9 Å². The van der Waals surface area contributed by atoms with Gasteiger partial charge in [0.25, 0.3) is 0 Å². The lowest BCUT2D eigenvalue weighted by Gasteiger charge is -2.18. The quantitative estimate of drug-likeness (QED) is 0.360. The zero-order valence-corrected chi connectivity index (χ0v) is 19.2. The minimum atomic E-state index is -0.235. The number of aryl methyl sites for hydroxylation is 1. The van der Waals surface area contributed by atoms with Gasteiger partial charge in [-0.25, -0.2) is 9.97 Å². The normalized spacial score (nSPS) is 12.4. The van der Waals surface area contributed by atoms with Gasteiger partial charge in [0, 0.05) is 29.1 Å². The van der Waals surface area contributed by atoms with E-state index in [1.54, 1.807) is 6.08 Å². The minimum Gasteiger partial charge on any atom is -0.486 e. The molecule has 1 aliphatic heterocycles. The number of hydrogen-bond donors (Lipinski definition) is 2. The Kier molecular flexibility index (Phi) is 6.39.